The summed E-state index contributed by atoms with van der Waals surface area (Å²) >= 11 is 0. The van der Waals surface area contributed by atoms with Crippen molar-refractivity contribution in [3.05, 3.63) is 69.6 Å². The van der Waals surface area contributed by atoms with Gasteiger partial charge in [-0.1, -0.05) is 12.1 Å². The summed E-state index contributed by atoms with van der Waals surface area (Å²) in [5.41, 5.74) is 2.75. The highest BCUT2D eigenvalue weighted by Gasteiger charge is 2.20. The first-order chi connectivity index (χ1) is 14.7. The van der Waals surface area contributed by atoms with E-state index in [-0.39, 0.29) is 29.1 Å². The Labute approximate surface area is 180 Å². The third-order valence-corrected chi connectivity index (χ3v) is 6.63. The number of carbonyl (C=O) groups is 1. The molecule has 1 atom stereocenters. The average molecular weight is 442 g/mol. The van der Waals surface area contributed by atoms with E-state index in [4.69, 9.17) is 9.15 Å². The third kappa shape index (κ3) is 4.49. The lowest BCUT2D eigenvalue weighted by Crippen LogP contribution is -2.31. The number of nitrogens with one attached hydrogen (secondary N) is 1. The number of hydrogen-bond acceptors (Lipinski definition) is 6. The van der Waals surface area contributed by atoms with E-state index in [0.717, 1.165) is 47.6 Å². The average Bonchev–Trinajstić information content (AvgIpc) is 3.22. The lowest BCUT2D eigenvalue weighted by atomic mass is 10.1. The summed E-state index contributed by atoms with van der Waals surface area (Å²) in [6, 6.07) is 11.3. The number of carbonyl (C=O) groups excluding carboxylic acids is 1. The normalized spacial score (nSPS) is 14.3. The molecule has 0 fully saturated rings. The fourth-order valence-electron chi connectivity index (χ4n) is 3.87. The number of sulfone groups is 1. The SMILES string of the molecule is C[C@@H](NC(=O)COc1ccc2c3c(c(=O)oc2c1)CCC3)c1ccc(S(C)(=O)=O)cc1. The fraction of sp³-hybridized carbons (Fsp3) is 0.304. The third-order valence-electron chi connectivity index (χ3n) is 5.50. The van der Waals surface area contributed by atoms with Gasteiger partial charge in [-0.15, -0.1) is 0 Å². The molecule has 0 radical (unpaired) electrons. The van der Waals surface area contributed by atoms with Crippen molar-refractivity contribution in [1.82, 2.24) is 5.32 Å². The highest BCUT2D eigenvalue weighted by Crippen LogP contribution is 2.29. The Kier molecular flexibility index (Phi) is 5.58. The molecule has 1 aliphatic rings. The number of benzene rings is 2. The molecule has 1 heterocycles. The van der Waals surface area contributed by atoms with E-state index in [0.29, 0.717) is 11.3 Å². The van der Waals surface area contributed by atoms with Crippen LogP contribution in [0.15, 0.2) is 56.6 Å². The molecule has 1 amide bonds. The van der Waals surface area contributed by atoms with Crippen LogP contribution in [0.1, 0.15) is 36.1 Å². The molecule has 4 rings (SSSR count). The van der Waals surface area contributed by atoms with Gasteiger partial charge < -0.3 is 14.5 Å². The lowest BCUT2D eigenvalue weighted by molar-refractivity contribution is -0.123. The van der Waals surface area contributed by atoms with Crippen molar-refractivity contribution in [3.63, 3.8) is 0 Å². The van der Waals surface area contributed by atoms with Crippen LogP contribution in [0.5, 0.6) is 5.75 Å². The summed E-state index contributed by atoms with van der Waals surface area (Å²) < 4.78 is 34.1. The van der Waals surface area contributed by atoms with Crippen molar-refractivity contribution in [2.24, 2.45) is 0 Å². The molecule has 8 heteroatoms. The summed E-state index contributed by atoms with van der Waals surface area (Å²) in [5.74, 6) is 0.115. The van der Waals surface area contributed by atoms with Crippen LogP contribution in [0.3, 0.4) is 0 Å². The van der Waals surface area contributed by atoms with Crippen molar-refractivity contribution in [2.45, 2.75) is 37.1 Å². The Morgan fingerprint density at radius 3 is 2.55 bits per heavy atom. The number of fused-ring (bicyclic) bond motifs is 3. The summed E-state index contributed by atoms with van der Waals surface area (Å²) in [6.45, 7) is 1.60. The predicted molar refractivity (Wildman–Crippen MR) is 116 cm³/mol. The van der Waals surface area contributed by atoms with E-state index in [1.807, 2.05) is 6.07 Å². The van der Waals surface area contributed by atoms with Gasteiger partial charge in [0.1, 0.15) is 11.3 Å². The van der Waals surface area contributed by atoms with Gasteiger partial charge in [0.15, 0.2) is 16.4 Å². The van der Waals surface area contributed by atoms with E-state index in [1.54, 1.807) is 31.2 Å². The quantitative estimate of drug-likeness (QED) is 0.590. The first kappa shape index (κ1) is 21.1. The zero-order valence-electron chi connectivity index (χ0n) is 17.3. The maximum atomic E-state index is 12.3. The molecular weight excluding hydrogens is 418 g/mol. The number of rotatable bonds is 6. The Hall–Kier alpha value is -3.13. The van der Waals surface area contributed by atoms with Crippen LogP contribution in [0.25, 0.3) is 11.0 Å². The summed E-state index contributed by atoms with van der Waals surface area (Å²) in [6.07, 6.45) is 3.72. The molecule has 1 aliphatic carbocycles. The molecule has 0 unspecified atom stereocenters. The van der Waals surface area contributed by atoms with Gasteiger partial charge >= 0.3 is 5.63 Å². The molecule has 0 aliphatic heterocycles. The van der Waals surface area contributed by atoms with Crippen LogP contribution in [0.2, 0.25) is 0 Å². The molecule has 0 saturated carbocycles. The minimum atomic E-state index is -3.26. The highest BCUT2D eigenvalue weighted by atomic mass is 32.2. The van der Waals surface area contributed by atoms with Crippen LogP contribution >= 0.6 is 0 Å². The van der Waals surface area contributed by atoms with Crippen LogP contribution in [0, 0.1) is 0 Å². The molecule has 0 bridgehead atoms. The van der Waals surface area contributed by atoms with E-state index in [1.165, 1.54) is 12.1 Å². The van der Waals surface area contributed by atoms with Crippen LogP contribution in [0.4, 0.5) is 0 Å². The Bertz CT molecular complexity index is 1310. The number of hydrogen-bond donors (Lipinski definition) is 1. The smallest absolute Gasteiger partial charge is 0.339 e. The van der Waals surface area contributed by atoms with Crippen molar-refractivity contribution in [2.75, 3.05) is 12.9 Å². The topological polar surface area (TPSA) is 103 Å². The molecule has 0 saturated heterocycles. The molecule has 2 aromatic carbocycles. The first-order valence-electron chi connectivity index (χ1n) is 10.0. The van der Waals surface area contributed by atoms with Gasteiger partial charge in [-0.3, -0.25) is 4.79 Å². The summed E-state index contributed by atoms with van der Waals surface area (Å²) in [5, 5.41) is 3.73. The first-order valence-corrected chi connectivity index (χ1v) is 11.9. The van der Waals surface area contributed by atoms with Gasteiger partial charge in [0.25, 0.3) is 5.91 Å². The molecule has 1 N–H and O–H groups in total. The van der Waals surface area contributed by atoms with E-state index < -0.39 is 9.84 Å². The van der Waals surface area contributed by atoms with E-state index >= 15 is 0 Å². The molecule has 31 heavy (non-hydrogen) atoms. The van der Waals surface area contributed by atoms with Gasteiger partial charge in [-0.05, 0) is 61.6 Å². The van der Waals surface area contributed by atoms with Crippen molar-refractivity contribution < 1.29 is 22.4 Å². The van der Waals surface area contributed by atoms with Gasteiger partial charge in [0.05, 0.1) is 10.9 Å². The van der Waals surface area contributed by atoms with Crippen LogP contribution < -0.4 is 15.7 Å². The van der Waals surface area contributed by atoms with Crippen molar-refractivity contribution >= 4 is 26.7 Å². The predicted octanol–water partition coefficient (Wildman–Crippen LogP) is 2.94. The second kappa shape index (κ2) is 8.19. The molecule has 162 valence electrons. The second-order valence-corrected chi connectivity index (χ2v) is 9.79. The number of amides is 1. The molecular formula is C23H23NO6S. The van der Waals surface area contributed by atoms with Gasteiger partial charge in [0.2, 0.25) is 0 Å². The minimum Gasteiger partial charge on any atom is -0.484 e. The largest absolute Gasteiger partial charge is 0.484 e. The van der Waals surface area contributed by atoms with Crippen molar-refractivity contribution in [1.29, 1.82) is 0 Å². The molecule has 3 aromatic rings. The zero-order chi connectivity index (χ0) is 22.2. The summed E-state index contributed by atoms with van der Waals surface area (Å²) in [7, 11) is -3.26. The van der Waals surface area contributed by atoms with Gasteiger partial charge in [-0.25, -0.2) is 13.2 Å². The van der Waals surface area contributed by atoms with E-state index in [2.05, 4.69) is 5.32 Å². The lowest BCUT2D eigenvalue weighted by Gasteiger charge is -2.15. The number of aryl methyl sites for hydroxylation is 1. The van der Waals surface area contributed by atoms with Gasteiger partial charge in [0, 0.05) is 23.3 Å². The summed E-state index contributed by atoms with van der Waals surface area (Å²) in [4.78, 5) is 24.6. The maximum Gasteiger partial charge on any atom is 0.339 e. The Morgan fingerprint density at radius 1 is 1.13 bits per heavy atom. The van der Waals surface area contributed by atoms with Crippen LogP contribution in [-0.2, 0) is 27.5 Å². The molecule has 1 aromatic heterocycles. The van der Waals surface area contributed by atoms with Gasteiger partial charge in [-0.2, -0.15) is 0 Å². The highest BCUT2D eigenvalue weighted by molar-refractivity contribution is 7.90. The zero-order valence-corrected chi connectivity index (χ0v) is 18.1. The Balaban J connectivity index is 1.40. The second-order valence-electron chi connectivity index (χ2n) is 7.78. The number of ether oxygens (including phenoxy) is 1. The van der Waals surface area contributed by atoms with Crippen LogP contribution in [-0.4, -0.2) is 27.2 Å². The molecule has 7 nitrogen and oxygen atoms in total. The monoisotopic (exact) mass is 441 g/mol. The maximum absolute atomic E-state index is 12.3. The Morgan fingerprint density at radius 2 is 1.84 bits per heavy atom. The minimum absolute atomic E-state index is 0.202. The standard InChI is InChI=1S/C23H23NO6S/c1-14(15-6-9-17(10-7-15)31(2,27)28)24-22(25)13-29-16-8-11-19-18-4-3-5-20(18)23(26)30-21(19)12-16/h6-12,14H,3-5,13H2,1-2H3,(H,24,25)/t14-/m1/s1. The molecule has 0 spiro atoms. The van der Waals surface area contributed by atoms with Crippen molar-refractivity contribution in [3.8, 4) is 5.75 Å². The fourth-order valence-corrected chi connectivity index (χ4v) is 4.50. The van der Waals surface area contributed by atoms with E-state index in [9.17, 15) is 18.0 Å².